The molecule has 0 radical (unpaired) electrons. The number of hydrogen-bond acceptors (Lipinski definition) is 12. The average Bonchev–Trinajstić information content (AvgIpc) is 1.65. The largest absolute Gasteiger partial charge is 0.573 e. The first-order chi connectivity index (χ1) is 66.0. The summed E-state index contributed by atoms with van der Waals surface area (Å²) in [5.41, 5.74) is 14.3. The Hall–Kier alpha value is -15.1. The second kappa shape index (κ2) is 41.9. The van der Waals surface area contributed by atoms with Crippen molar-refractivity contribution in [3.63, 3.8) is 0 Å². The fourth-order valence-electron chi connectivity index (χ4n) is 14.7. The zero-order valence-corrected chi connectivity index (χ0v) is 77.3. The Morgan fingerprint density at radius 1 is 0.273 bits per heavy atom. The molecule has 139 heavy (non-hydrogen) atoms. The van der Waals surface area contributed by atoms with Gasteiger partial charge in [0.15, 0.2) is 46.3 Å². The van der Waals surface area contributed by atoms with Crippen molar-refractivity contribution < 1.29 is 84.5 Å². The number of nitrogens with zero attached hydrogens (tertiary/aromatic N) is 5. The van der Waals surface area contributed by atoms with Crippen molar-refractivity contribution in [2.24, 2.45) is 0 Å². The molecule has 10 aromatic carbocycles. The van der Waals surface area contributed by atoms with E-state index in [1.54, 1.807) is 66.8 Å². The molecule has 0 aliphatic carbocycles. The van der Waals surface area contributed by atoms with Crippen LogP contribution in [0.25, 0.3) is 169 Å². The zero-order chi connectivity index (χ0) is 97.5. The van der Waals surface area contributed by atoms with Crippen LogP contribution in [0.15, 0.2) is 327 Å². The molecular weight excluding hydrogens is 1920 g/mol. The summed E-state index contributed by atoms with van der Waals surface area (Å²) in [7, 11) is 0. The molecule has 20 rings (SSSR count). The van der Waals surface area contributed by atoms with Crippen LogP contribution in [0.3, 0.4) is 0 Å². The molecule has 20 aromatic rings. The van der Waals surface area contributed by atoms with Crippen molar-refractivity contribution in [2.45, 2.75) is 66.6 Å². The first-order valence-electron chi connectivity index (χ1n) is 42.0. The van der Waals surface area contributed by atoms with E-state index in [1.807, 2.05) is 167 Å². The molecule has 0 amide bonds. The molecule has 10 aromatic heterocycles. The summed E-state index contributed by atoms with van der Waals surface area (Å²) in [4.78, 5) is 41.3. The summed E-state index contributed by atoms with van der Waals surface area (Å²) >= 11 is 26.3. The number of furan rings is 4. The first kappa shape index (κ1) is 98.4. The van der Waals surface area contributed by atoms with Crippen LogP contribution in [-0.2, 0) is 12.4 Å². The molecule has 34 heteroatoms. The fourth-order valence-corrected chi connectivity index (χ4v) is 16.4. The topological polar surface area (TPSA) is 214 Å². The number of nitrogens with one attached hydrogen (secondary N) is 5. The highest BCUT2D eigenvalue weighted by atomic mass is 35.5. The molecule has 0 aliphatic rings. The lowest BCUT2D eigenvalue weighted by molar-refractivity contribution is -0.275. The highest BCUT2D eigenvalue weighted by Crippen LogP contribution is 2.45. The van der Waals surface area contributed by atoms with E-state index in [1.165, 1.54) is 89.3 Å². The number of imidazole rings is 5. The van der Waals surface area contributed by atoms with Crippen LogP contribution in [0.2, 0.25) is 20.1 Å². The maximum absolute atomic E-state index is 13.3. The third kappa shape index (κ3) is 23.6. The Morgan fingerprint density at radius 2 is 0.597 bits per heavy atom. The summed E-state index contributed by atoms with van der Waals surface area (Å²) in [6.07, 6.45) is -18.6. The van der Waals surface area contributed by atoms with Crippen LogP contribution < -0.4 is 9.47 Å². The maximum atomic E-state index is 13.3. The number of aromatic nitrogens is 10. The van der Waals surface area contributed by atoms with Crippen LogP contribution in [0, 0.1) is 41.5 Å². The number of ether oxygens (including phenoxy) is 2. The standard InChI is InChI=1S/C22H14F6N2O2.C22H17F3N2O.C21H14ClF3N2O2.C20H14Cl2N2O.C20H15ClN2S.FH/c1-12-19(13-6-8-14(9-7-13)21(23,24)25)30-20(29-12)18-11-10-16(31-18)15-4-2-3-5-17(15)32-22(26,27)28;1-13-7-9-15(10-8-13)20-14(2)26-21(27-20)19-12-11-18(28-19)16-5-3-4-6-17(16)22(23,24)25;1-12-19(13-6-2-4-8-15(13)22)27-20(26-12)18-11-10-16(28-18)14-7-3-5-9-17(14)29-21(23,24)25;1-12-19(13-6-3-2-4-7-13)24-20(23-12)17-11-10-16(25-17)14-8-5-9-15(21)18(14)22;1-13-19(15-5-3-2-4-6-15)23-20(22-13)18-12-11-17(24-18)14-7-9-16(21)10-8-14;/h2-11H,1H3,(H,29,30);3-12H,1-2H3,(H,26,27);2-11H,1H3,(H,26,27);2-11H,1H3,(H,23,24);2-12H,1H3,(H,22,23);1H. The van der Waals surface area contributed by atoms with Gasteiger partial charge in [0.1, 0.15) is 40.4 Å². The van der Waals surface area contributed by atoms with Gasteiger partial charge in [-0.3, -0.25) is 4.70 Å². The van der Waals surface area contributed by atoms with Gasteiger partial charge in [-0.1, -0.05) is 228 Å². The molecular formula is C105H75Cl4F13N10O6S. The highest BCUT2D eigenvalue weighted by Gasteiger charge is 2.37. The van der Waals surface area contributed by atoms with E-state index in [2.05, 4.69) is 85.5 Å². The second-order valence-corrected chi connectivity index (χ2v) is 33.7. The van der Waals surface area contributed by atoms with Crippen LogP contribution in [0.1, 0.15) is 45.2 Å². The molecule has 0 bridgehead atoms. The highest BCUT2D eigenvalue weighted by molar-refractivity contribution is 7.18. The van der Waals surface area contributed by atoms with Gasteiger partial charge in [0.25, 0.3) is 0 Å². The van der Waals surface area contributed by atoms with Crippen molar-refractivity contribution in [1.29, 1.82) is 0 Å². The minimum absolute atomic E-state index is 0. The summed E-state index contributed by atoms with van der Waals surface area (Å²) in [6, 6.07) is 87.6. The number of rotatable bonds is 17. The van der Waals surface area contributed by atoms with E-state index in [0.717, 1.165) is 107 Å². The number of H-pyrrole nitrogens is 5. The lowest BCUT2D eigenvalue weighted by Crippen LogP contribution is -2.17. The van der Waals surface area contributed by atoms with Crippen LogP contribution in [-0.4, -0.2) is 62.6 Å². The first-order valence-corrected chi connectivity index (χ1v) is 44.3. The predicted molar refractivity (Wildman–Crippen MR) is 516 cm³/mol. The molecule has 0 spiro atoms. The number of aromatic amines is 5. The number of para-hydroxylation sites is 2. The summed E-state index contributed by atoms with van der Waals surface area (Å²) < 4.78 is 186. The van der Waals surface area contributed by atoms with Crippen LogP contribution >= 0.6 is 57.7 Å². The van der Waals surface area contributed by atoms with Crippen molar-refractivity contribution in [2.75, 3.05) is 0 Å². The minimum Gasteiger partial charge on any atom is -0.453 e. The van der Waals surface area contributed by atoms with Gasteiger partial charge in [0, 0.05) is 77.3 Å². The normalized spacial score (nSPS) is 11.5. The number of aryl methyl sites for hydroxylation is 6. The number of thiophene rings is 1. The van der Waals surface area contributed by atoms with Crippen LogP contribution in [0.4, 0.5) is 57.4 Å². The van der Waals surface area contributed by atoms with Crippen LogP contribution in [0.5, 0.6) is 11.5 Å². The van der Waals surface area contributed by atoms with E-state index in [4.69, 9.17) is 69.1 Å². The maximum Gasteiger partial charge on any atom is 0.573 e. The Balaban J connectivity index is 0.000000132. The van der Waals surface area contributed by atoms with E-state index in [0.29, 0.717) is 78.2 Å². The van der Waals surface area contributed by atoms with Gasteiger partial charge in [0.05, 0.1) is 70.7 Å². The van der Waals surface area contributed by atoms with Crippen molar-refractivity contribution in [3.8, 4) is 181 Å². The Kier molecular flexibility index (Phi) is 29.6. The number of benzene rings is 10. The van der Waals surface area contributed by atoms with Crippen molar-refractivity contribution in [3.05, 3.63) is 375 Å². The van der Waals surface area contributed by atoms with Gasteiger partial charge in [0.2, 0.25) is 0 Å². The molecule has 0 fully saturated rings. The number of halogens is 17. The molecule has 0 atom stereocenters. The smallest absolute Gasteiger partial charge is 0.453 e. The number of hydrogen-bond donors (Lipinski definition) is 5. The van der Waals surface area contributed by atoms with Gasteiger partial charge in [-0.15, -0.1) is 37.7 Å². The van der Waals surface area contributed by atoms with Crippen molar-refractivity contribution >= 4 is 57.7 Å². The minimum atomic E-state index is -4.86. The molecule has 5 N–H and O–H groups in total. The van der Waals surface area contributed by atoms with Gasteiger partial charge in [-0.2, -0.15) is 26.3 Å². The fraction of sp³-hybridized carbons (Fsp3) is 0.0952. The quantitative estimate of drug-likeness (QED) is 0.0541. The summed E-state index contributed by atoms with van der Waals surface area (Å²) in [5, 5.41) is 2.29. The number of alkyl halides is 12. The molecule has 0 unspecified atom stereocenters. The lowest BCUT2D eigenvalue weighted by Gasteiger charge is -2.11. The predicted octanol–water partition coefficient (Wildman–Crippen LogP) is 33.9. The van der Waals surface area contributed by atoms with Gasteiger partial charge in [-0.05, 0) is 181 Å². The molecule has 0 saturated carbocycles. The Morgan fingerprint density at radius 3 is 1.03 bits per heavy atom. The second-order valence-electron chi connectivity index (χ2n) is 31.0. The summed E-state index contributed by atoms with van der Waals surface area (Å²) in [5.74, 6) is 4.84. The van der Waals surface area contributed by atoms with E-state index in [9.17, 15) is 52.7 Å². The third-order valence-corrected chi connectivity index (χ3v) is 23.8. The molecule has 0 saturated heterocycles. The van der Waals surface area contributed by atoms with E-state index >= 15 is 0 Å². The molecule has 0 aliphatic heterocycles. The average molecular weight is 1990 g/mol. The van der Waals surface area contributed by atoms with E-state index < -0.39 is 42.0 Å². The van der Waals surface area contributed by atoms with Gasteiger partial charge in [-0.25, -0.2) is 24.9 Å². The zero-order valence-electron chi connectivity index (χ0n) is 73.5. The lowest BCUT2D eigenvalue weighted by atomic mass is 10.1. The monoisotopic (exact) mass is 1990 g/mol. The third-order valence-electron chi connectivity index (χ3n) is 21.3. The van der Waals surface area contributed by atoms with Gasteiger partial charge >= 0.3 is 25.1 Å². The summed E-state index contributed by atoms with van der Waals surface area (Å²) in [6.45, 7) is 11.5. The molecule has 16 nitrogen and oxygen atoms in total. The van der Waals surface area contributed by atoms with Gasteiger partial charge < -0.3 is 52.1 Å². The Labute approximate surface area is 808 Å². The molecule has 10 heterocycles. The molecule has 706 valence electrons. The van der Waals surface area contributed by atoms with E-state index in [-0.39, 0.29) is 56.0 Å². The Bertz CT molecular complexity index is 7620. The SMILES string of the molecule is Cc1[nH]c(-c2ccc(-c3ccc(Cl)cc3)s2)nc1-c1ccccc1.Cc1[nH]c(-c2ccc(-c3cccc(Cl)c3Cl)o2)nc1-c1ccccc1.Cc1[nH]c(-c2ccc(-c3ccccc3OC(F)(F)F)o2)nc1-c1ccc(C(F)(F)F)cc1.Cc1[nH]c(-c2ccc(-c3ccccc3OC(F)(F)F)o2)nc1-c1ccccc1Cl.Cc1ccc(-c2nc(-c3ccc(-c4ccccc4C(F)(F)F)o3)[nH]c2C)cc1.F. The van der Waals surface area contributed by atoms with Crippen molar-refractivity contribution in [1.82, 2.24) is 49.8 Å².